The summed E-state index contributed by atoms with van der Waals surface area (Å²) in [5.41, 5.74) is 1.26. The van der Waals surface area contributed by atoms with Gasteiger partial charge in [-0.2, -0.15) is 0 Å². The molecule has 1 unspecified atom stereocenters. The first-order valence-electron chi connectivity index (χ1n) is 8.17. The molecule has 3 rings (SSSR count). The van der Waals surface area contributed by atoms with Crippen molar-refractivity contribution in [3.8, 4) is 11.5 Å². The fourth-order valence-corrected chi connectivity index (χ4v) is 3.75. The highest BCUT2D eigenvalue weighted by Crippen LogP contribution is 2.27. The van der Waals surface area contributed by atoms with E-state index in [2.05, 4.69) is 22.8 Å². The molecule has 130 valence electrons. The minimum Gasteiger partial charge on any atom is -0.493 e. The standard InChI is InChI=1S/C20H21NO3S/c1-14(11-15-13-25-19-10-6-3-7-16(15)19)21-20(22)12-24-18-9-5-4-8-17(18)23-2/h3-10,13-14H,11-12H2,1-2H3,(H,21,22). The molecule has 0 aliphatic carbocycles. The van der Waals surface area contributed by atoms with E-state index in [9.17, 15) is 4.79 Å². The number of amides is 1. The second-order valence-electron chi connectivity index (χ2n) is 5.87. The molecule has 1 atom stereocenters. The van der Waals surface area contributed by atoms with Crippen LogP contribution in [-0.4, -0.2) is 25.7 Å². The lowest BCUT2D eigenvalue weighted by Crippen LogP contribution is -2.37. The van der Waals surface area contributed by atoms with Gasteiger partial charge in [0.25, 0.3) is 5.91 Å². The van der Waals surface area contributed by atoms with Crippen molar-refractivity contribution < 1.29 is 14.3 Å². The quantitative estimate of drug-likeness (QED) is 0.696. The number of rotatable bonds is 7. The predicted octanol–water partition coefficient (Wildman–Crippen LogP) is 4.04. The number of nitrogens with one attached hydrogen (secondary N) is 1. The van der Waals surface area contributed by atoms with E-state index >= 15 is 0 Å². The van der Waals surface area contributed by atoms with Crippen LogP contribution in [-0.2, 0) is 11.2 Å². The number of hydrogen-bond donors (Lipinski definition) is 1. The van der Waals surface area contributed by atoms with Gasteiger partial charge in [0.1, 0.15) is 0 Å². The molecule has 0 saturated heterocycles. The van der Waals surface area contributed by atoms with Gasteiger partial charge in [-0.1, -0.05) is 30.3 Å². The Hall–Kier alpha value is -2.53. The number of fused-ring (bicyclic) bond motifs is 1. The summed E-state index contributed by atoms with van der Waals surface area (Å²) in [5.74, 6) is 1.04. The van der Waals surface area contributed by atoms with Gasteiger partial charge in [-0.25, -0.2) is 0 Å². The molecule has 1 N–H and O–H groups in total. The second-order valence-corrected chi connectivity index (χ2v) is 6.78. The molecule has 0 spiro atoms. The highest BCUT2D eigenvalue weighted by molar-refractivity contribution is 7.17. The van der Waals surface area contributed by atoms with E-state index in [1.165, 1.54) is 15.6 Å². The van der Waals surface area contributed by atoms with E-state index in [0.717, 1.165) is 6.42 Å². The molecular weight excluding hydrogens is 334 g/mol. The van der Waals surface area contributed by atoms with Crippen LogP contribution in [0.1, 0.15) is 12.5 Å². The molecule has 0 radical (unpaired) electrons. The molecule has 0 aliphatic heterocycles. The number of hydrogen-bond acceptors (Lipinski definition) is 4. The van der Waals surface area contributed by atoms with Gasteiger partial charge in [0.15, 0.2) is 18.1 Å². The first-order valence-corrected chi connectivity index (χ1v) is 9.05. The van der Waals surface area contributed by atoms with Crippen molar-refractivity contribution in [2.45, 2.75) is 19.4 Å². The SMILES string of the molecule is COc1ccccc1OCC(=O)NC(C)Cc1csc2ccccc12. The van der Waals surface area contributed by atoms with Crippen molar-refractivity contribution in [2.75, 3.05) is 13.7 Å². The maximum atomic E-state index is 12.1. The van der Waals surface area contributed by atoms with Crippen molar-refractivity contribution in [3.63, 3.8) is 0 Å². The molecular formula is C20H21NO3S. The average Bonchev–Trinajstić information content (AvgIpc) is 3.03. The van der Waals surface area contributed by atoms with Crippen LogP contribution in [0.25, 0.3) is 10.1 Å². The monoisotopic (exact) mass is 355 g/mol. The minimum atomic E-state index is -0.141. The van der Waals surface area contributed by atoms with Crippen molar-refractivity contribution in [1.29, 1.82) is 0 Å². The van der Waals surface area contributed by atoms with Crippen LogP contribution in [0.4, 0.5) is 0 Å². The Morgan fingerprint density at radius 1 is 1.12 bits per heavy atom. The maximum absolute atomic E-state index is 12.1. The highest BCUT2D eigenvalue weighted by atomic mass is 32.1. The lowest BCUT2D eigenvalue weighted by Gasteiger charge is -2.15. The van der Waals surface area contributed by atoms with E-state index < -0.39 is 0 Å². The summed E-state index contributed by atoms with van der Waals surface area (Å²) in [6.07, 6.45) is 0.796. The zero-order valence-electron chi connectivity index (χ0n) is 14.3. The van der Waals surface area contributed by atoms with Crippen molar-refractivity contribution in [3.05, 3.63) is 59.5 Å². The summed E-state index contributed by atoms with van der Waals surface area (Å²) >= 11 is 1.74. The van der Waals surface area contributed by atoms with Crippen molar-refractivity contribution in [1.82, 2.24) is 5.32 Å². The third-order valence-corrected chi connectivity index (χ3v) is 4.93. The maximum Gasteiger partial charge on any atom is 0.258 e. The summed E-state index contributed by atoms with van der Waals surface area (Å²) < 4.78 is 12.0. The number of carbonyl (C=O) groups is 1. The molecule has 5 heteroatoms. The van der Waals surface area contributed by atoms with E-state index in [1.54, 1.807) is 30.6 Å². The third kappa shape index (κ3) is 4.31. The summed E-state index contributed by atoms with van der Waals surface area (Å²) in [4.78, 5) is 12.1. The van der Waals surface area contributed by atoms with Crippen LogP contribution in [0.2, 0.25) is 0 Å². The summed E-state index contributed by atoms with van der Waals surface area (Å²) in [7, 11) is 1.58. The first kappa shape index (κ1) is 17.3. The zero-order valence-corrected chi connectivity index (χ0v) is 15.1. The first-order chi connectivity index (χ1) is 12.2. The predicted molar refractivity (Wildman–Crippen MR) is 102 cm³/mol. The molecule has 0 aliphatic rings. The molecule has 1 heterocycles. The number of para-hydroxylation sites is 2. The topological polar surface area (TPSA) is 47.6 Å². The number of carbonyl (C=O) groups excluding carboxylic acids is 1. The van der Waals surface area contributed by atoms with Crippen LogP contribution in [0.3, 0.4) is 0 Å². The highest BCUT2D eigenvalue weighted by Gasteiger charge is 2.12. The molecule has 1 aromatic heterocycles. The Morgan fingerprint density at radius 2 is 1.84 bits per heavy atom. The fraction of sp³-hybridized carbons (Fsp3) is 0.250. The second kappa shape index (κ2) is 8.03. The number of methoxy groups -OCH3 is 1. The minimum absolute atomic E-state index is 0.0326. The van der Waals surface area contributed by atoms with Crippen LogP contribution >= 0.6 is 11.3 Å². The Morgan fingerprint density at radius 3 is 2.64 bits per heavy atom. The lowest BCUT2D eigenvalue weighted by atomic mass is 10.1. The summed E-state index contributed by atoms with van der Waals surface area (Å²) in [6, 6.07) is 15.7. The Bertz CT molecular complexity index is 859. The van der Waals surface area contributed by atoms with Crippen LogP contribution in [0, 0.1) is 0 Å². The number of benzene rings is 2. The normalized spacial score (nSPS) is 11.9. The molecule has 25 heavy (non-hydrogen) atoms. The lowest BCUT2D eigenvalue weighted by molar-refractivity contribution is -0.123. The summed E-state index contributed by atoms with van der Waals surface area (Å²) in [5, 5.41) is 6.42. The van der Waals surface area contributed by atoms with Gasteiger partial charge in [-0.05, 0) is 47.9 Å². The molecule has 3 aromatic rings. The molecule has 2 aromatic carbocycles. The van der Waals surface area contributed by atoms with E-state index in [1.807, 2.05) is 31.2 Å². The molecule has 0 bridgehead atoms. The van der Waals surface area contributed by atoms with Gasteiger partial charge in [-0.3, -0.25) is 4.79 Å². The molecule has 4 nitrogen and oxygen atoms in total. The molecule has 1 amide bonds. The Labute approximate surface area is 151 Å². The van der Waals surface area contributed by atoms with Gasteiger partial charge >= 0.3 is 0 Å². The van der Waals surface area contributed by atoms with Crippen molar-refractivity contribution in [2.24, 2.45) is 0 Å². The van der Waals surface area contributed by atoms with Crippen LogP contribution in [0.5, 0.6) is 11.5 Å². The fourth-order valence-electron chi connectivity index (χ4n) is 2.77. The Balaban J connectivity index is 1.54. The average molecular weight is 355 g/mol. The van der Waals surface area contributed by atoms with Crippen LogP contribution in [0.15, 0.2) is 53.9 Å². The molecule has 0 saturated carbocycles. The Kier molecular flexibility index (Phi) is 5.56. The van der Waals surface area contributed by atoms with Gasteiger partial charge in [-0.15, -0.1) is 11.3 Å². The zero-order chi connectivity index (χ0) is 17.6. The third-order valence-electron chi connectivity index (χ3n) is 3.92. The summed E-state index contributed by atoms with van der Waals surface area (Å²) in [6.45, 7) is 1.97. The largest absolute Gasteiger partial charge is 0.493 e. The van der Waals surface area contributed by atoms with Crippen LogP contribution < -0.4 is 14.8 Å². The van der Waals surface area contributed by atoms with Crippen molar-refractivity contribution >= 4 is 27.3 Å². The van der Waals surface area contributed by atoms with Gasteiger partial charge in [0.2, 0.25) is 0 Å². The number of ether oxygens (including phenoxy) is 2. The van der Waals surface area contributed by atoms with E-state index in [-0.39, 0.29) is 18.6 Å². The number of thiophene rings is 1. The van der Waals surface area contributed by atoms with E-state index in [0.29, 0.717) is 11.5 Å². The molecule has 0 fully saturated rings. The van der Waals surface area contributed by atoms with Gasteiger partial charge in [0, 0.05) is 10.7 Å². The van der Waals surface area contributed by atoms with Gasteiger partial charge < -0.3 is 14.8 Å². The smallest absolute Gasteiger partial charge is 0.258 e. The van der Waals surface area contributed by atoms with E-state index in [4.69, 9.17) is 9.47 Å². The van der Waals surface area contributed by atoms with Gasteiger partial charge in [0.05, 0.1) is 7.11 Å².